The second kappa shape index (κ2) is 7.76. The average Bonchev–Trinajstić information content (AvgIpc) is 3.16. The number of halogens is 1. The average molecular weight is 352 g/mol. The van der Waals surface area contributed by atoms with Gasteiger partial charge in [-0.2, -0.15) is 4.98 Å². The second-order valence-corrected chi connectivity index (χ2v) is 6.44. The third-order valence-electron chi connectivity index (χ3n) is 4.70. The van der Waals surface area contributed by atoms with Crippen molar-refractivity contribution < 1.29 is 8.91 Å². The molecule has 1 N–H and O–H groups in total. The lowest BCUT2D eigenvalue weighted by Crippen LogP contribution is -2.46. The Morgan fingerprint density at radius 2 is 2.04 bits per heavy atom. The number of hydrogen-bond acceptors (Lipinski definition) is 5. The van der Waals surface area contributed by atoms with Crippen LogP contribution in [-0.2, 0) is 6.42 Å². The molecule has 1 aliphatic rings. The van der Waals surface area contributed by atoms with Gasteiger partial charge in [-0.1, -0.05) is 47.6 Å². The van der Waals surface area contributed by atoms with E-state index in [0.717, 1.165) is 37.3 Å². The smallest absolute Gasteiger partial charge is 0.228 e. The minimum Gasteiger partial charge on any atom is -0.339 e. The van der Waals surface area contributed by atoms with E-state index in [9.17, 15) is 4.39 Å². The lowest BCUT2D eigenvalue weighted by molar-refractivity contribution is 0.159. The Kier molecular flexibility index (Phi) is 5.04. The Morgan fingerprint density at radius 1 is 1.15 bits per heavy atom. The number of hydrogen-bond donors (Lipinski definition) is 1. The van der Waals surface area contributed by atoms with E-state index in [-0.39, 0.29) is 11.9 Å². The fourth-order valence-electron chi connectivity index (χ4n) is 3.36. The molecule has 1 fully saturated rings. The minimum absolute atomic E-state index is 0.149. The Morgan fingerprint density at radius 3 is 2.88 bits per heavy atom. The first kappa shape index (κ1) is 16.9. The molecule has 0 spiro atoms. The van der Waals surface area contributed by atoms with Gasteiger partial charge < -0.3 is 9.84 Å². The van der Waals surface area contributed by atoms with Crippen LogP contribution in [0.1, 0.15) is 17.5 Å². The largest absolute Gasteiger partial charge is 0.339 e. The van der Waals surface area contributed by atoms with Crippen molar-refractivity contribution in [3.8, 4) is 11.4 Å². The summed E-state index contributed by atoms with van der Waals surface area (Å²) < 4.78 is 19.0. The number of nitrogens with one attached hydrogen (secondary N) is 1. The molecule has 0 saturated carbocycles. The molecule has 26 heavy (non-hydrogen) atoms. The van der Waals surface area contributed by atoms with E-state index in [0.29, 0.717) is 18.1 Å². The van der Waals surface area contributed by atoms with Crippen molar-refractivity contribution in [1.82, 2.24) is 20.4 Å². The minimum atomic E-state index is -0.197. The van der Waals surface area contributed by atoms with Crippen molar-refractivity contribution in [1.29, 1.82) is 0 Å². The molecule has 1 saturated heterocycles. The fraction of sp³-hybridized carbons (Fsp3) is 0.300. The van der Waals surface area contributed by atoms with Crippen LogP contribution in [0, 0.1) is 5.82 Å². The van der Waals surface area contributed by atoms with Crippen LogP contribution in [-0.4, -0.2) is 41.2 Å². The molecule has 1 unspecified atom stereocenters. The summed E-state index contributed by atoms with van der Waals surface area (Å²) in [5.41, 5.74) is 1.94. The molecule has 4 rings (SSSR count). The molecule has 1 aliphatic heterocycles. The van der Waals surface area contributed by atoms with E-state index < -0.39 is 0 Å². The predicted octanol–water partition coefficient (Wildman–Crippen LogP) is 3.06. The molecule has 0 aliphatic carbocycles. The maximum absolute atomic E-state index is 13.6. The summed E-state index contributed by atoms with van der Waals surface area (Å²) >= 11 is 0. The zero-order valence-electron chi connectivity index (χ0n) is 14.4. The van der Waals surface area contributed by atoms with E-state index in [1.165, 1.54) is 6.07 Å². The highest BCUT2D eigenvalue weighted by molar-refractivity contribution is 5.53. The SMILES string of the molecule is Fc1cccc(C2CNCCN2CCc2nc(-c3ccccc3)no2)c1. The molecule has 134 valence electrons. The van der Waals surface area contributed by atoms with E-state index in [1.807, 2.05) is 36.4 Å². The highest BCUT2D eigenvalue weighted by Crippen LogP contribution is 2.23. The maximum Gasteiger partial charge on any atom is 0.228 e. The molecule has 6 heteroatoms. The number of benzene rings is 2. The molecular weight excluding hydrogens is 331 g/mol. The van der Waals surface area contributed by atoms with Gasteiger partial charge in [0, 0.05) is 44.2 Å². The predicted molar refractivity (Wildman–Crippen MR) is 97.0 cm³/mol. The van der Waals surface area contributed by atoms with E-state index in [4.69, 9.17) is 4.52 Å². The molecule has 5 nitrogen and oxygen atoms in total. The van der Waals surface area contributed by atoms with Crippen LogP contribution in [0.5, 0.6) is 0 Å². The van der Waals surface area contributed by atoms with Gasteiger partial charge in [-0.15, -0.1) is 0 Å². The highest BCUT2D eigenvalue weighted by atomic mass is 19.1. The van der Waals surface area contributed by atoms with Gasteiger partial charge in [0.1, 0.15) is 5.82 Å². The number of nitrogens with zero attached hydrogens (tertiary/aromatic N) is 3. The lowest BCUT2D eigenvalue weighted by atomic mass is 10.0. The quantitative estimate of drug-likeness (QED) is 0.765. The van der Waals surface area contributed by atoms with Crippen LogP contribution in [0.25, 0.3) is 11.4 Å². The van der Waals surface area contributed by atoms with Gasteiger partial charge >= 0.3 is 0 Å². The molecule has 2 aromatic carbocycles. The summed E-state index contributed by atoms with van der Waals surface area (Å²) in [6, 6.07) is 16.8. The molecule has 0 bridgehead atoms. The lowest BCUT2D eigenvalue weighted by Gasteiger charge is -2.36. The summed E-state index contributed by atoms with van der Waals surface area (Å²) in [4.78, 5) is 6.84. The third-order valence-corrected chi connectivity index (χ3v) is 4.70. The molecule has 1 atom stereocenters. The van der Waals surface area contributed by atoms with Gasteiger partial charge in [-0.05, 0) is 17.7 Å². The monoisotopic (exact) mass is 352 g/mol. The molecule has 3 aromatic rings. The first-order valence-electron chi connectivity index (χ1n) is 8.88. The van der Waals surface area contributed by atoms with Gasteiger partial charge in [0.15, 0.2) is 0 Å². The van der Waals surface area contributed by atoms with Crippen LogP contribution < -0.4 is 5.32 Å². The molecule has 1 aromatic heterocycles. The van der Waals surface area contributed by atoms with Crippen LogP contribution in [0.15, 0.2) is 59.1 Å². The van der Waals surface area contributed by atoms with Gasteiger partial charge in [0.2, 0.25) is 11.7 Å². The summed E-state index contributed by atoms with van der Waals surface area (Å²) in [5, 5.41) is 7.46. The van der Waals surface area contributed by atoms with Crippen LogP contribution in [0.4, 0.5) is 4.39 Å². The zero-order valence-corrected chi connectivity index (χ0v) is 14.4. The van der Waals surface area contributed by atoms with E-state index in [2.05, 4.69) is 20.4 Å². The van der Waals surface area contributed by atoms with Crippen LogP contribution in [0.3, 0.4) is 0 Å². The van der Waals surface area contributed by atoms with Crippen molar-refractivity contribution in [3.05, 3.63) is 71.9 Å². The second-order valence-electron chi connectivity index (χ2n) is 6.44. The molecule has 0 amide bonds. The summed E-state index contributed by atoms with van der Waals surface area (Å²) in [7, 11) is 0. The number of piperazine rings is 1. The third kappa shape index (κ3) is 3.81. The molecule has 2 heterocycles. The van der Waals surface area contributed by atoms with Crippen LogP contribution in [0.2, 0.25) is 0 Å². The standard InChI is InChI=1S/C20H21FN4O/c21-17-8-4-7-16(13-17)18-14-22-10-12-25(18)11-9-19-23-20(24-26-19)15-5-2-1-3-6-15/h1-8,13,18,22H,9-12,14H2. The Bertz CT molecular complexity index is 852. The van der Waals surface area contributed by atoms with Crippen LogP contribution >= 0.6 is 0 Å². The van der Waals surface area contributed by atoms with Gasteiger partial charge in [0.25, 0.3) is 0 Å². The van der Waals surface area contributed by atoms with Crippen molar-refractivity contribution in [2.24, 2.45) is 0 Å². The Hall–Kier alpha value is -2.57. The Labute approximate surface area is 151 Å². The summed E-state index contributed by atoms with van der Waals surface area (Å²) in [6.07, 6.45) is 0.672. The number of rotatable bonds is 5. The van der Waals surface area contributed by atoms with Gasteiger partial charge in [-0.25, -0.2) is 4.39 Å². The fourth-order valence-corrected chi connectivity index (χ4v) is 3.36. The van der Waals surface area contributed by atoms with Crippen molar-refractivity contribution >= 4 is 0 Å². The summed E-state index contributed by atoms with van der Waals surface area (Å²) in [5.74, 6) is 1.04. The first-order valence-corrected chi connectivity index (χ1v) is 8.88. The van der Waals surface area contributed by atoms with E-state index in [1.54, 1.807) is 12.1 Å². The topological polar surface area (TPSA) is 54.2 Å². The maximum atomic E-state index is 13.6. The number of aromatic nitrogens is 2. The summed E-state index contributed by atoms with van der Waals surface area (Å²) in [6.45, 7) is 3.42. The van der Waals surface area contributed by atoms with Gasteiger partial charge in [0.05, 0.1) is 0 Å². The molecule has 0 radical (unpaired) electrons. The zero-order chi connectivity index (χ0) is 17.8. The first-order chi connectivity index (χ1) is 12.8. The van der Waals surface area contributed by atoms with Crippen molar-refractivity contribution in [2.45, 2.75) is 12.5 Å². The van der Waals surface area contributed by atoms with Crippen molar-refractivity contribution in [3.63, 3.8) is 0 Å². The van der Waals surface area contributed by atoms with E-state index >= 15 is 0 Å². The highest BCUT2D eigenvalue weighted by Gasteiger charge is 2.24. The Balaban J connectivity index is 1.44. The molecular formula is C20H21FN4O. The van der Waals surface area contributed by atoms with Gasteiger partial charge in [-0.3, -0.25) is 4.90 Å². The normalized spacial score (nSPS) is 18.1. The van der Waals surface area contributed by atoms with Crippen molar-refractivity contribution in [2.75, 3.05) is 26.2 Å².